The van der Waals surface area contributed by atoms with Crippen LogP contribution in [0.25, 0.3) is 0 Å². The second kappa shape index (κ2) is 5.14. The number of hydrogen-bond acceptors (Lipinski definition) is 2. The van der Waals surface area contributed by atoms with Gasteiger partial charge in [0, 0.05) is 15.7 Å². The standard InChI is InChI=1S/C12H14INO2/c1-8-11(5-6-16-8)14-12(15)9-3-2-4-10(13)7-9/h2-4,7-8,11H,5-6H2,1H3,(H,14,15). The van der Waals surface area contributed by atoms with Gasteiger partial charge in [-0.3, -0.25) is 4.79 Å². The number of benzene rings is 1. The molecule has 86 valence electrons. The summed E-state index contributed by atoms with van der Waals surface area (Å²) in [5.41, 5.74) is 0.714. The normalized spacial score (nSPS) is 24.4. The Kier molecular flexibility index (Phi) is 3.81. The monoisotopic (exact) mass is 331 g/mol. The Labute approximate surface area is 109 Å². The molecule has 1 aromatic carbocycles. The van der Waals surface area contributed by atoms with E-state index < -0.39 is 0 Å². The predicted octanol–water partition coefficient (Wildman–Crippen LogP) is 2.20. The molecule has 1 aromatic rings. The second-order valence-corrected chi connectivity index (χ2v) is 5.20. The first-order valence-corrected chi connectivity index (χ1v) is 6.43. The zero-order chi connectivity index (χ0) is 11.5. The molecule has 4 heteroatoms. The summed E-state index contributed by atoms with van der Waals surface area (Å²) in [7, 11) is 0. The van der Waals surface area contributed by atoms with Crippen molar-refractivity contribution in [1.29, 1.82) is 0 Å². The highest BCUT2D eigenvalue weighted by molar-refractivity contribution is 14.1. The topological polar surface area (TPSA) is 38.3 Å². The number of hydrogen-bond donors (Lipinski definition) is 1. The largest absolute Gasteiger partial charge is 0.376 e. The van der Waals surface area contributed by atoms with E-state index in [9.17, 15) is 4.79 Å². The summed E-state index contributed by atoms with van der Waals surface area (Å²) in [6.07, 6.45) is 1.02. The van der Waals surface area contributed by atoms with Gasteiger partial charge in [0.05, 0.1) is 12.1 Å². The smallest absolute Gasteiger partial charge is 0.251 e. The second-order valence-electron chi connectivity index (χ2n) is 3.95. The molecule has 2 unspecified atom stereocenters. The van der Waals surface area contributed by atoms with Gasteiger partial charge in [-0.15, -0.1) is 0 Å². The van der Waals surface area contributed by atoms with Crippen molar-refractivity contribution in [3.8, 4) is 0 Å². The lowest BCUT2D eigenvalue weighted by Gasteiger charge is -2.15. The van der Waals surface area contributed by atoms with E-state index in [4.69, 9.17) is 4.74 Å². The van der Waals surface area contributed by atoms with Gasteiger partial charge in [-0.1, -0.05) is 6.07 Å². The summed E-state index contributed by atoms with van der Waals surface area (Å²) in [5.74, 6) is -0.0131. The molecule has 1 aliphatic heterocycles. The number of amides is 1. The van der Waals surface area contributed by atoms with E-state index in [-0.39, 0.29) is 18.1 Å². The molecule has 1 fully saturated rings. The fraction of sp³-hybridized carbons (Fsp3) is 0.417. The molecular weight excluding hydrogens is 317 g/mol. The first-order chi connectivity index (χ1) is 7.66. The molecular formula is C12H14INO2. The number of halogens is 1. The van der Waals surface area contributed by atoms with Crippen LogP contribution < -0.4 is 5.32 Å². The minimum atomic E-state index is -0.0131. The van der Waals surface area contributed by atoms with Crippen molar-refractivity contribution < 1.29 is 9.53 Å². The minimum Gasteiger partial charge on any atom is -0.376 e. The van der Waals surface area contributed by atoms with Crippen LogP contribution in [0.2, 0.25) is 0 Å². The first kappa shape index (κ1) is 11.9. The van der Waals surface area contributed by atoms with E-state index in [1.54, 1.807) is 0 Å². The lowest BCUT2D eigenvalue weighted by atomic mass is 10.1. The van der Waals surface area contributed by atoms with Crippen molar-refractivity contribution in [2.24, 2.45) is 0 Å². The molecule has 1 amide bonds. The molecule has 0 aromatic heterocycles. The van der Waals surface area contributed by atoms with Crippen molar-refractivity contribution in [2.45, 2.75) is 25.5 Å². The average Bonchev–Trinajstić information content (AvgIpc) is 2.64. The number of carbonyl (C=O) groups excluding carboxylic acids is 1. The molecule has 2 rings (SSSR count). The number of carbonyl (C=O) groups is 1. The Morgan fingerprint density at radius 3 is 3.00 bits per heavy atom. The summed E-state index contributed by atoms with van der Waals surface area (Å²) in [4.78, 5) is 11.9. The van der Waals surface area contributed by atoms with Crippen LogP contribution in [0.15, 0.2) is 24.3 Å². The molecule has 16 heavy (non-hydrogen) atoms. The fourth-order valence-corrected chi connectivity index (χ4v) is 2.35. The minimum absolute atomic E-state index is 0.0131. The van der Waals surface area contributed by atoms with Crippen molar-refractivity contribution in [3.05, 3.63) is 33.4 Å². The maximum absolute atomic E-state index is 11.9. The Bertz CT molecular complexity index is 394. The molecule has 0 bridgehead atoms. The summed E-state index contributed by atoms with van der Waals surface area (Å²) in [6, 6.07) is 7.73. The van der Waals surface area contributed by atoms with Crippen LogP contribution >= 0.6 is 22.6 Å². The van der Waals surface area contributed by atoms with Crippen molar-refractivity contribution >= 4 is 28.5 Å². The zero-order valence-corrected chi connectivity index (χ0v) is 11.2. The van der Waals surface area contributed by atoms with Gasteiger partial charge in [-0.05, 0) is 54.1 Å². The summed E-state index contributed by atoms with van der Waals surface area (Å²) < 4.78 is 6.48. The van der Waals surface area contributed by atoms with Crippen molar-refractivity contribution in [2.75, 3.05) is 6.61 Å². The van der Waals surface area contributed by atoms with E-state index >= 15 is 0 Å². The molecule has 3 nitrogen and oxygen atoms in total. The van der Waals surface area contributed by atoms with Gasteiger partial charge in [0.2, 0.25) is 0 Å². The highest BCUT2D eigenvalue weighted by atomic mass is 127. The molecule has 0 aliphatic carbocycles. The molecule has 1 saturated heterocycles. The number of nitrogens with one attached hydrogen (secondary N) is 1. The Morgan fingerprint density at radius 2 is 2.38 bits per heavy atom. The number of rotatable bonds is 2. The van der Waals surface area contributed by atoms with Crippen LogP contribution in [0.4, 0.5) is 0 Å². The fourth-order valence-electron chi connectivity index (χ4n) is 1.80. The van der Waals surface area contributed by atoms with Crippen LogP contribution in [0, 0.1) is 3.57 Å². The van der Waals surface area contributed by atoms with Gasteiger partial charge >= 0.3 is 0 Å². The lowest BCUT2D eigenvalue weighted by Crippen LogP contribution is -2.39. The summed E-state index contributed by atoms with van der Waals surface area (Å²) >= 11 is 2.20. The highest BCUT2D eigenvalue weighted by Crippen LogP contribution is 2.14. The average molecular weight is 331 g/mol. The zero-order valence-electron chi connectivity index (χ0n) is 9.07. The van der Waals surface area contributed by atoms with E-state index in [0.717, 1.165) is 16.6 Å². The predicted molar refractivity (Wildman–Crippen MR) is 70.4 cm³/mol. The maximum atomic E-state index is 11.9. The van der Waals surface area contributed by atoms with E-state index in [0.29, 0.717) is 5.56 Å². The summed E-state index contributed by atoms with van der Waals surface area (Å²) in [5, 5.41) is 3.00. The van der Waals surface area contributed by atoms with E-state index in [1.807, 2.05) is 31.2 Å². The first-order valence-electron chi connectivity index (χ1n) is 5.35. The summed E-state index contributed by atoms with van der Waals surface area (Å²) in [6.45, 7) is 2.73. The Hall–Kier alpha value is -0.620. The SMILES string of the molecule is CC1OCCC1NC(=O)c1cccc(I)c1. The molecule has 0 saturated carbocycles. The third-order valence-electron chi connectivity index (χ3n) is 2.78. The van der Waals surface area contributed by atoms with Crippen LogP contribution in [-0.2, 0) is 4.74 Å². The quantitative estimate of drug-likeness (QED) is 0.844. The highest BCUT2D eigenvalue weighted by Gasteiger charge is 2.25. The van der Waals surface area contributed by atoms with Crippen LogP contribution in [0.3, 0.4) is 0 Å². The van der Waals surface area contributed by atoms with Crippen LogP contribution in [-0.4, -0.2) is 24.7 Å². The molecule has 1 aliphatic rings. The molecule has 0 radical (unpaired) electrons. The van der Waals surface area contributed by atoms with Gasteiger partial charge in [0.15, 0.2) is 0 Å². The van der Waals surface area contributed by atoms with Crippen LogP contribution in [0.5, 0.6) is 0 Å². The van der Waals surface area contributed by atoms with Gasteiger partial charge in [-0.2, -0.15) is 0 Å². The Morgan fingerprint density at radius 1 is 1.56 bits per heavy atom. The number of ether oxygens (including phenoxy) is 1. The van der Waals surface area contributed by atoms with Gasteiger partial charge in [0.1, 0.15) is 0 Å². The van der Waals surface area contributed by atoms with Crippen molar-refractivity contribution in [1.82, 2.24) is 5.32 Å². The van der Waals surface area contributed by atoms with E-state index in [1.165, 1.54) is 0 Å². The molecule has 1 heterocycles. The molecule has 2 atom stereocenters. The third-order valence-corrected chi connectivity index (χ3v) is 3.45. The van der Waals surface area contributed by atoms with Crippen LogP contribution in [0.1, 0.15) is 23.7 Å². The van der Waals surface area contributed by atoms with Gasteiger partial charge in [-0.25, -0.2) is 0 Å². The lowest BCUT2D eigenvalue weighted by molar-refractivity contribution is 0.0866. The van der Waals surface area contributed by atoms with Crippen molar-refractivity contribution in [3.63, 3.8) is 0 Å². The molecule has 0 spiro atoms. The molecule has 1 N–H and O–H groups in total. The van der Waals surface area contributed by atoms with Gasteiger partial charge < -0.3 is 10.1 Å². The van der Waals surface area contributed by atoms with Gasteiger partial charge in [0.25, 0.3) is 5.91 Å². The Balaban J connectivity index is 2.03. The maximum Gasteiger partial charge on any atom is 0.251 e. The van der Waals surface area contributed by atoms with E-state index in [2.05, 4.69) is 27.9 Å². The third kappa shape index (κ3) is 2.74.